The summed E-state index contributed by atoms with van der Waals surface area (Å²) in [6.07, 6.45) is 0.272. The van der Waals surface area contributed by atoms with Gasteiger partial charge in [-0.2, -0.15) is 0 Å². The van der Waals surface area contributed by atoms with Crippen molar-refractivity contribution >= 4 is 23.8 Å². The van der Waals surface area contributed by atoms with E-state index in [0.717, 1.165) is 0 Å². The van der Waals surface area contributed by atoms with Crippen LogP contribution in [-0.4, -0.2) is 29.9 Å². The van der Waals surface area contributed by atoms with Gasteiger partial charge in [0.15, 0.2) is 23.3 Å². The second kappa shape index (κ2) is 9.11. The van der Waals surface area contributed by atoms with E-state index >= 15 is 0 Å². The lowest BCUT2D eigenvalue weighted by Crippen LogP contribution is -2.33. The summed E-state index contributed by atoms with van der Waals surface area (Å²) in [7, 11) is 0. The van der Waals surface area contributed by atoms with Gasteiger partial charge in [0.05, 0.1) is 4.90 Å². The van der Waals surface area contributed by atoms with Gasteiger partial charge in [0.1, 0.15) is 11.2 Å². The largest absolute Gasteiger partial charge is 0.444 e. The molecule has 1 aromatic rings. The summed E-state index contributed by atoms with van der Waals surface area (Å²) in [6, 6.07) is 0. The zero-order chi connectivity index (χ0) is 20.1. The molecule has 0 spiro atoms. The van der Waals surface area contributed by atoms with Crippen LogP contribution in [0.15, 0.2) is 4.90 Å². The van der Waals surface area contributed by atoms with Crippen LogP contribution in [0.3, 0.4) is 0 Å². The molecule has 5 nitrogen and oxygen atoms in total. The van der Waals surface area contributed by atoms with Gasteiger partial charge in [0.25, 0.3) is 5.91 Å². The van der Waals surface area contributed by atoms with E-state index in [1.807, 2.05) is 0 Å². The molecule has 0 aromatic heterocycles. The molecule has 3 N–H and O–H groups in total. The number of hydrogen-bond donors (Lipinski definition) is 2. The number of unbranched alkanes of at least 4 members (excludes halogenated alkanes) is 1. The summed E-state index contributed by atoms with van der Waals surface area (Å²) in [5.41, 5.74) is 2.65. The first kappa shape index (κ1) is 22.1. The highest BCUT2D eigenvalue weighted by Gasteiger charge is 2.28. The minimum absolute atomic E-state index is 0.138. The highest BCUT2D eigenvalue weighted by molar-refractivity contribution is 7.99. The number of primary amides is 1. The lowest BCUT2D eigenvalue weighted by molar-refractivity contribution is 0.0527. The van der Waals surface area contributed by atoms with E-state index in [1.165, 1.54) is 0 Å². The average molecular weight is 396 g/mol. The minimum atomic E-state index is -1.81. The van der Waals surface area contributed by atoms with E-state index in [4.69, 9.17) is 10.5 Å². The Balaban J connectivity index is 2.54. The van der Waals surface area contributed by atoms with E-state index < -0.39 is 51.3 Å². The van der Waals surface area contributed by atoms with Crippen molar-refractivity contribution < 1.29 is 31.9 Å². The second-order valence-corrected chi connectivity index (χ2v) is 7.41. The zero-order valence-electron chi connectivity index (χ0n) is 14.6. The van der Waals surface area contributed by atoms with Crippen molar-refractivity contribution in [3.8, 4) is 0 Å². The molecular formula is C16H20F4N2O3S. The number of benzene rings is 1. The molecule has 0 fully saturated rings. The summed E-state index contributed by atoms with van der Waals surface area (Å²) in [5, 5.41) is 2.51. The molecule has 26 heavy (non-hydrogen) atoms. The Bertz CT molecular complexity index is 664. The van der Waals surface area contributed by atoms with Gasteiger partial charge in [-0.25, -0.2) is 22.4 Å². The first-order chi connectivity index (χ1) is 12.0. The minimum Gasteiger partial charge on any atom is -0.444 e. The van der Waals surface area contributed by atoms with Crippen LogP contribution in [0, 0.1) is 23.3 Å². The van der Waals surface area contributed by atoms with E-state index in [2.05, 4.69) is 5.32 Å². The van der Waals surface area contributed by atoms with Crippen molar-refractivity contribution in [1.29, 1.82) is 0 Å². The van der Waals surface area contributed by atoms with Crippen molar-refractivity contribution in [2.45, 2.75) is 44.1 Å². The van der Waals surface area contributed by atoms with Crippen LogP contribution in [0.1, 0.15) is 44.0 Å². The molecule has 2 amide bonds. The SMILES string of the molecule is CC(C)(C)OC(=O)NCCCCSc1c(F)c(F)c(C(N)=O)c(F)c1F. The molecule has 1 rings (SSSR count). The maximum atomic E-state index is 13.8. The Morgan fingerprint density at radius 2 is 1.58 bits per heavy atom. The molecule has 146 valence electrons. The van der Waals surface area contributed by atoms with Gasteiger partial charge in [-0.05, 0) is 39.4 Å². The molecule has 0 saturated heterocycles. The van der Waals surface area contributed by atoms with Gasteiger partial charge < -0.3 is 15.8 Å². The summed E-state index contributed by atoms with van der Waals surface area (Å²) < 4.78 is 60.0. The summed E-state index contributed by atoms with van der Waals surface area (Å²) in [5.74, 6) is -8.40. The number of hydrogen-bond acceptors (Lipinski definition) is 4. The monoisotopic (exact) mass is 396 g/mol. The van der Waals surface area contributed by atoms with Crippen LogP contribution in [0.25, 0.3) is 0 Å². The topological polar surface area (TPSA) is 81.4 Å². The molecule has 0 aliphatic rings. The number of thioether (sulfide) groups is 1. The van der Waals surface area contributed by atoms with Gasteiger partial charge in [-0.15, -0.1) is 11.8 Å². The Labute approximate surface area is 152 Å². The van der Waals surface area contributed by atoms with Gasteiger partial charge >= 0.3 is 6.09 Å². The summed E-state index contributed by atoms with van der Waals surface area (Å²) in [4.78, 5) is 21.4. The van der Waals surface area contributed by atoms with Crippen LogP contribution < -0.4 is 11.1 Å². The highest BCUT2D eigenvalue weighted by Crippen LogP contribution is 2.31. The van der Waals surface area contributed by atoms with Crippen molar-refractivity contribution in [2.75, 3.05) is 12.3 Å². The van der Waals surface area contributed by atoms with Crippen LogP contribution in [0.2, 0.25) is 0 Å². The van der Waals surface area contributed by atoms with E-state index in [9.17, 15) is 27.2 Å². The Morgan fingerprint density at radius 3 is 2.04 bits per heavy atom. The predicted octanol–water partition coefficient (Wildman–Crippen LogP) is 3.74. The van der Waals surface area contributed by atoms with Crippen molar-refractivity contribution in [1.82, 2.24) is 5.32 Å². The molecule has 0 atom stereocenters. The summed E-state index contributed by atoms with van der Waals surface area (Å²) in [6.45, 7) is 5.42. The Kier molecular flexibility index (Phi) is 7.73. The second-order valence-electron chi connectivity index (χ2n) is 6.31. The van der Waals surface area contributed by atoms with Crippen molar-refractivity contribution in [3.05, 3.63) is 28.8 Å². The lowest BCUT2D eigenvalue weighted by Gasteiger charge is -2.19. The number of alkyl carbamates (subject to hydrolysis) is 1. The maximum Gasteiger partial charge on any atom is 0.407 e. The first-order valence-electron chi connectivity index (χ1n) is 7.71. The molecule has 0 aliphatic carbocycles. The van der Waals surface area contributed by atoms with Crippen LogP contribution >= 0.6 is 11.8 Å². The number of carbonyl (C=O) groups excluding carboxylic acids is 2. The van der Waals surface area contributed by atoms with Crippen LogP contribution in [-0.2, 0) is 4.74 Å². The van der Waals surface area contributed by atoms with Crippen LogP contribution in [0.4, 0.5) is 22.4 Å². The van der Waals surface area contributed by atoms with Gasteiger partial charge in [-0.1, -0.05) is 0 Å². The summed E-state index contributed by atoms with van der Waals surface area (Å²) >= 11 is 0.565. The molecule has 0 saturated carbocycles. The number of nitrogens with one attached hydrogen (secondary N) is 1. The zero-order valence-corrected chi connectivity index (χ0v) is 15.4. The fourth-order valence-electron chi connectivity index (χ4n) is 1.86. The normalized spacial score (nSPS) is 11.3. The highest BCUT2D eigenvalue weighted by atomic mass is 32.2. The smallest absolute Gasteiger partial charge is 0.407 e. The number of amides is 2. The molecule has 1 aromatic carbocycles. The molecule has 10 heteroatoms. The Hall–Kier alpha value is -1.97. The lowest BCUT2D eigenvalue weighted by atomic mass is 10.1. The molecular weight excluding hydrogens is 376 g/mol. The fourth-order valence-corrected chi connectivity index (χ4v) is 2.85. The van der Waals surface area contributed by atoms with Gasteiger partial charge in [0.2, 0.25) is 0 Å². The van der Waals surface area contributed by atoms with Crippen LogP contribution in [0.5, 0.6) is 0 Å². The number of ether oxygens (including phenoxy) is 1. The third-order valence-electron chi connectivity index (χ3n) is 2.96. The van der Waals surface area contributed by atoms with E-state index in [1.54, 1.807) is 20.8 Å². The van der Waals surface area contributed by atoms with Crippen molar-refractivity contribution in [2.24, 2.45) is 5.73 Å². The molecule has 0 bridgehead atoms. The van der Waals surface area contributed by atoms with Crippen molar-refractivity contribution in [3.63, 3.8) is 0 Å². The standard InChI is InChI=1S/C16H20F4N2O3S/c1-16(2,3)25-15(24)22-6-4-5-7-26-13-11(19)9(17)8(14(21)23)10(18)12(13)20/h4-7H2,1-3H3,(H2,21,23)(H,22,24). The average Bonchev–Trinajstić information content (AvgIpc) is 2.49. The molecule has 0 heterocycles. The van der Waals surface area contributed by atoms with Gasteiger partial charge in [-0.3, -0.25) is 4.79 Å². The molecule has 0 unspecified atom stereocenters. The van der Waals surface area contributed by atoms with Gasteiger partial charge in [0, 0.05) is 6.54 Å². The number of carbonyl (C=O) groups is 2. The molecule has 0 radical (unpaired) electrons. The number of halogens is 4. The number of nitrogens with two attached hydrogens (primary N) is 1. The maximum absolute atomic E-state index is 13.8. The predicted molar refractivity (Wildman–Crippen MR) is 89.0 cm³/mol. The molecule has 0 aliphatic heterocycles. The third kappa shape index (κ3) is 6.08. The fraction of sp³-hybridized carbons (Fsp3) is 0.500. The Morgan fingerprint density at radius 1 is 1.04 bits per heavy atom. The third-order valence-corrected chi connectivity index (χ3v) is 4.10. The van der Waals surface area contributed by atoms with E-state index in [0.29, 0.717) is 24.6 Å². The first-order valence-corrected chi connectivity index (χ1v) is 8.69. The quantitative estimate of drug-likeness (QED) is 0.318. The number of rotatable bonds is 7. The van der Waals surface area contributed by atoms with E-state index in [-0.39, 0.29) is 12.3 Å².